The summed E-state index contributed by atoms with van der Waals surface area (Å²) in [6.07, 6.45) is 1.55. The van der Waals surface area contributed by atoms with E-state index in [1.165, 1.54) is 22.8 Å². The topological polar surface area (TPSA) is 88.2 Å². The molecular weight excluding hydrogens is 474 g/mol. The van der Waals surface area contributed by atoms with Gasteiger partial charge in [0.15, 0.2) is 5.13 Å². The number of sulfonamides is 1. The van der Waals surface area contributed by atoms with E-state index >= 15 is 0 Å². The number of hydrogen-bond acceptors (Lipinski definition) is 7. The second-order valence-corrected chi connectivity index (χ2v) is 10.8. The molecule has 0 radical (unpaired) electrons. The smallest absolute Gasteiger partial charge is 0.262 e. The minimum Gasteiger partial charge on any atom is -0.332 e. The molecule has 158 valence electrons. The highest BCUT2D eigenvalue weighted by Crippen LogP contribution is 2.28. The Balaban J connectivity index is 1.44. The number of ketones is 1. The molecule has 0 saturated carbocycles. The summed E-state index contributed by atoms with van der Waals surface area (Å²) < 4.78 is 27.7. The van der Waals surface area contributed by atoms with Crippen LogP contribution in [0.15, 0.2) is 71.1 Å². The first-order valence-electron chi connectivity index (χ1n) is 9.02. The van der Waals surface area contributed by atoms with Gasteiger partial charge in [0, 0.05) is 22.3 Å². The van der Waals surface area contributed by atoms with Crippen LogP contribution < -0.4 is 10.0 Å². The number of thiophene rings is 1. The van der Waals surface area contributed by atoms with Gasteiger partial charge in [-0.05, 0) is 42.8 Å². The molecule has 2 heterocycles. The number of aromatic nitrogens is 1. The number of hydrogen-bond donors (Lipinski definition) is 2. The van der Waals surface area contributed by atoms with Crippen LogP contribution in [0, 0.1) is 6.92 Å². The Labute approximate surface area is 192 Å². The van der Waals surface area contributed by atoms with E-state index in [-0.39, 0.29) is 10.7 Å². The lowest BCUT2D eigenvalue weighted by Crippen LogP contribution is -2.11. The number of aryl methyl sites for hydroxylation is 1. The molecule has 2 aromatic heterocycles. The lowest BCUT2D eigenvalue weighted by atomic mass is 10.0. The van der Waals surface area contributed by atoms with Gasteiger partial charge in [0.2, 0.25) is 5.78 Å². The number of halogens is 1. The number of nitrogens with one attached hydrogen (secondary N) is 2. The Hall–Kier alpha value is -2.72. The van der Waals surface area contributed by atoms with Crippen molar-refractivity contribution in [2.45, 2.75) is 11.8 Å². The predicted molar refractivity (Wildman–Crippen MR) is 127 cm³/mol. The standard InChI is InChI=1S/C21H16ClN3O3S3/c1-13-4-2-3-5-17(13)20(26)18-11-23-21(30-18)24-14-6-8-15(9-7-14)25-31(27,28)16-10-19(22)29-12-16/h2-12,25H,1H3,(H,23,24). The van der Waals surface area contributed by atoms with E-state index in [0.717, 1.165) is 16.9 Å². The Morgan fingerprint density at radius 1 is 1.06 bits per heavy atom. The van der Waals surface area contributed by atoms with Crippen LogP contribution in [-0.2, 0) is 10.0 Å². The first-order chi connectivity index (χ1) is 14.8. The van der Waals surface area contributed by atoms with Gasteiger partial charge in [0.1, 0.15) is 0 Å². The monoisotopic (exact) mass is 489 g/mol. The summed E-state index contributed by atoms with van der Waals surface area (Å²) in [7, 11) is -3.69. The Kier molecular flexibility index (Phi) is 6.10. The molecular formula is C21H16ClN3O3S3. The number of anilines is 3. The Morgan fingerprint density at radius 3 is 2.45 bits per heavy atom. The highest BCUT2D eigenvalue weighted by Gasteiger charge is 2.17. The molecule has 0 aliphatic rings. The maximum atomic E-state index is 12.7. The zero-order valence-corrected chi connectivity index (χ0v) is 19.3. The molecule has 0 bridgehead atoms. The third-order valence-electron chi connectivity index (χ3n) is 4.36. The van der Waals surface area contributed by atoms with E-state index < -0.39 is 10.0 Å². The van der Waals surface area contributed by atoms with Crippen LogP contribution in [0.4, 0.5) is 16.5 Å². The van der Waals surface area contributed by atoms with Crippen molar-refractivity contribution >= 4 is 66.6 Å². The average molecular weight is 490 g/mol. The number of nitrogens with zero attached hydrogens (tertiary/aromatic N) is 1. The van der Waals surface area contributed by atoms with Gasteiger partial charge in [-0.3, -0.25) is 9.52 Å². The zero-order valence-electron chi connectivity index (χ0n) is 16.1. The third kappa shape index (κ3) is 4.96. The quantitative estimate of drug-likeness (QED) is 0.313. The van der Waals surface area contributed by atoms with Crippen molar-refractivity contribution in [3.63, 3.8) is 0 Å². The molecule has 0 aliphatic carbocycles. The second kappa shape index (κ2) is 8.80. The summed E-state index contributed by atoms with van der Waals surface area (Å²) in [6, 6.07) is 15.6. The van der Waals surface area contributed by atoms with Crippen molar-refractivity contribution in [1.29, 1.82) is 0 Å². The summed E-state index contributed by atoms with van der Waals surface area (Å²) in [6.45, 7) is 1.90. The molecule has 6 nitrogen and oxygen atoms in total. The summed E-state index contributed by atoms with van der Waals surface area (Å²) in [5, 5.41) is 5.19. The van der Waals surface area contributed by atoms with E-state index in [1.807, 2.05) is 25.1 Å². The van der Waals surface area contributed by atoms with E-state index in [1.54, 1.807) is 36.5 Å². The fourth-order valence-electron chi connectivity index (χ4n) is 2.79. The van der Waals surface area contributed by atoms with E-state index in [0.29, 0.717) is 31.3 Å². The predicted octanol–water partition coefficient (Wildman–Crippen LogP) is 5.94. The van der Waals surface area contributed by atoms with E-state index in [9.17, 15) is 13.2 Å². The Bertz CT molecular complexity index is 1350. The van der Waals surface area contributed by atoms with Crippen LogP contribution in [0.5, 0.6) is 0 Å². The van der Waals surface area contributed by atoms with Gasteiger partial charge in [0.05, 0.1) is 20.3 Å². The molecule has 2 N–H and O–H groups in total. The van der Waals surface area contributed by atoms with Crippen molar-refractivity contribution < 1.29 is 13.2 Å². The van der Waals surface area contributed by atoms with Crippen molar-refractivity contribution in [2.75, 3.05) is 10.0 Å². The molecule has 0 fully saturated rings. The summed E-state index contributed by atoms with van der Waals surface area (Å²) in [5.74, 6) is -0.0676. The minimum atomic E-state index is -3.69. The molecule has 0 unspecified atom stereocenters. The fourth-order valence-corrected chi connectivity index (χ4v) is 5.95. The van der Waals surface area contributed by atoms with Crippen molar-refractivity contribution in [2.24, 2.45) is 0 Å². The molecule has 0 amide bonds. The highest BCUT2D eigenvalue weighted by atomic mass is 35.5. The van der Waals surface area contributed by atoms with Crippen LogP contribution in [0.3, 0.4) is 0 Å². The van der Waals surface area contributed by atoms with Gasteiger partial charge < -0.3 is 5.32 Å². The summed E-state index contributed by atoms with van der Waals surface area (Å²) >= 11 is 8.24. The van der Waals surface area contributed by atoms with E-state index in [2.05, 4.69) is 15.0 Å². The molecule has 0 spiro atoms. The van der Waals surface area contributed by atoms with Crippen LogP contribution in [0.25, 0.3) is 0 Å². The van der Waals surface area contributed by atoms with Crippen molar-refractivity contribution in [3.8, 4) is 0 Å². The molecule has 2 aromatic carbocycles. The van der Waals surface area contributed by atoms with Gasteiger partial charge in [-0.25, -0.2) is 13.4 Å². The summed E-state index contributed by atoms with van der Waals surface area (Å²) in [5.41, 5.74) is 2.70. The number of benzene rings is 2. The van der Waals surface area contributed by atoms with Crippen LogP contribution in [0.2, 0.25) is 4.34 Å². The van der Waals surface area contributed by atoms with Gasteiger partial charge in [-0.2, -0.15) is 0 Å². The number of thiazole rings is 1. The fraction of sp³-hybridized carbons (Fsp3) is 0.0476. The molecule has 4 aromatic rings. The molecule has 4 rings (SSSR count). The van der Waals surface area contributed by atoms with Gasteiger partial charge in [-0.15, -0.1) is 11.3 Å². The lowest BCUT2D eigenvalue weighted by molar-refractivity contribution is 0.104. The third-order valence-corrected chi connectivity index (χ3v) is 7.87. The number of rotatable bonds is 7. The minimum absolute atomic E-state index is 0.0676. The SMILES string of the molecule is Cc1ccccc1C(=O)c1cnc(Nc2ccc(NS(=O)(=O)c3csc(Cl)c3)cc2)s1. The highest BCUT2D eigenvalue weighted by molar-refractivity contribution is 7.92. The van der Waals surface area contributed by atoms with Gasteiger partial charge >= 0.3 is 0 Å². The lowest BCUT2D eigenvalue weighted by Gasteiger charge is -2.08. The maximum absolute atomic E-state index is 12.7. The van der Waals surface area contributed by atoms with Crippen LogP contribution >= 0.6 is 34.3 Å². The van der Waals surface area contributed by atoms with Crippen molar-refractivity contribution in [3.05, 3.63) is 86.5 Å². The zero-order chi connectivity index (χ0) is 22.0. The largest absolute Gasteiger partial charge is 0.332 e. The number of carbonyl (C=O) groups excluding carboxylic acids is 1. The maximum Gasteiger partial charge on any atom is 0.262 e. The normalized spacial score (nSPS) is 11.3. The molecule has 0 aliphatic heterocycles. The molecule has 0 atom stereocenters. The first kappa shape index (κ1) is 21.5. The van der Waals surface area contributed by atoms with Crippen molar-refractivity contribution in [1.82, 2.24) is 4.98 Å². The Morgan fingerprint density at radius 2 is 1.77 bits per heavy atom. The second-order valence-electron chi connectivity index (χ2n) is 6.57. The van der Waals surface area contributed by atoms with Gasteiger partial charge in [0.25, 0.3) is 10.0 Å². The molecule has 0 saturated heterocycles. The summed E-state index contributed by atoms with van der Waals surface area (Å²) in [4.78, 5) is 17.6. The molecule has 31 heavy (non-hydrogen) atoms. The number of carbonyl (C=O) groups is 1. The van der Waals surface area contributed by atoms with Gasteiger partial charge in [-0.1, -0.05) is 47.2 Å². The average Bonchev–Trinajstić information content (AvgIpc) is 3.39. The van der Waals surface area contributed by atoms with E-state index in [4.69, 9.17) is 11.6 Å². The van der Waals surface area contributed by atoms with Crippen LogP contribution in [-0.4, -0.2) is 19.2 Å². The van der Waals surface area contributed by atoms with Crippen LogP contribution in [0.1, 0.15) is 20.8 Å². The first-order valence-corrected chi connectivity index (χ1v) is 12.6. The molecule has 10 heteroatoms.